The summed E-state index contributed by atoms with van der Waals surface area (Å²) in [5.74, 6) is 0.857. The molecule has 0 atom stereocenters. The molecule has 30 heavy (non-hydrogen) atoms. The average molecular weight is 406 g/mol. The Morgan fingerprint density at radius 3 is 2.47 bits per heavy atom. The van der Waals surface area contributed by atoms with E-state index in [1.807, 2.05) is 18.2 Å². The molecule has 0 fully saturated rings. The van der Waals surface area contributed by atoms with Crippen molar-refractivity contribution in [1.29, 1.82) is 0 Å². The molecule has 2 heterocycles. The van der Waals surface area contributed by atoms with Crippen LogP contribution < -0.4 is 20.1 Å². The second-order valence-electron chi connectivity index (χ2n) is 6.89. The van der Waals surface area contributed by atoms with Crippen LogP contribution in [-0.4, -0.2) is 41.9 Å². The molecular formula is C22H22N4O4. The number of hydrogen-bond acceptors (Lipinski definition) is 5. The zero-order valence-corrected chi connectivity index (χ0v) is 16.8. The molecule has 3 aromatic rings. The highest BCUT2D eigenvalue weighted by molar-refractivity contribution is 6.08. The summed E-state index contributed by atoms with van der Waals surface area (Å²) in [6, 6.07) is 12.2. The van der Waals surface area contributed by atoms with Crippen molar-refractivity contribution in [2.75, 3.05) is 25.6 Å². The number of benzene rings is 2. The van der Waals surface area contributed by atoms with Crippen LogP contribution in [0, 0.1) is 0 Å². The number of ether oxygens (including phenoxy) is 2. The van der Waals surface area contributed by atoms with Crippen LogP contribution in [0.25, 0.3) is 11.3 Å². The van der Waals surface area contributed by atoms with Crippen LogP contribution in [0.4, 0.5) is 5.69 Å². The van der Waals surface area contributed by atoms with Crippen LogP contribution in [0.15, 0.2) is 48.7 Å². The lowest BCUT2D eigenvalue weighted by Crippen LogP contribution is -2.18. The van der Waals surface area contributed by atoms with Crippen LogP contribution in [0.1, 0.15) is 27.1 Å². The monoisotopic (exact) mass is 406 g/mol. The lowest BCUT2D eigenvalue weighted by Gasteiger charge is -2.10. The number of aryl methyl sites for hydroxylation is 1. The number of hydrogen-bond donors (Lipinski definition) is 2. The van der Waals surface area contributed by atoms with Gasteiger partial charge in [-0.2, -0.15) is 5.10 Å². The highest BCUT2D eigenvalue weighted by Gasteiger charge is 2.20. The number of nitrogens with one attached hydrogen (secondary N) is 2. The molecule has 2 amide bonds. The first-order valence-electron chi connectivity index (χ1n) is 9.62. The first kappa shape index (κ1) is 19.5. The van der Waals surface area contributed by atoms with Crippen molar-refractivity contribution in [2.45, 2.75) is 6.42 Å². The summed E-state index contributed by atoms with van der Waals surface area (Å²) in [5.41, 5.74) is 2.85. The lowest BCUT2D eigenvalue weighted by molar-refractivity contribution is 0.0962. The van der Waals surface area contributed by atoms with E-state index in [0.717, 1.165) is 12.0 Å². The zero-order valence-electron chi connectivity index (χ0n) is 16.8. The molecule has 0 bridgehead atoms. The van der Waals surface area contributed by atoms with E-state index in [0.29, 0.717) is 47.2 Å². The third-order valence-corrected chi connectivity index (χ3v) is 4.73. The van der Waals surface area contributed by atoms with Gasteiger partial charge in [-0.05, 0) is 42.5 Å². The molecule has 1 aliphatic rings. The summed E-state index contributed by atoms with van der Waals surface area (Å²) < 4.78 is 13.0. The van der Waals surface area contributed by atoms with E-state index in [2.05, 4.69) is 15.7 Å². The Hall–Kier alpha value is -3.81. The van der Waals surface area contributed by atoms with Crippen molar-refractivity contribution < 1.29 is 19.1 Å². The van der Waals surface area contributed by atoms with Crippen LogP contribution >= 0.6 is 0 Å². The SMILES string of the molecule is CNC(=O)c1ccc(NC(=O)c2cn(C)nc2-c2ccc3c(c2)OCCCO3)cc1. The second-order valence-corrected chi connectivity index (χ2v) is 6.89. The predicted octanol–water partition coefficient (Wildman–Crippen LogP) is 2.86. The minimum absolute atomic E-state index is 0.183. The third kappa shape index (κ3) is 3.98. The molecule has 0 aliphatic carbocycles. The maximum atomic E-state index is 12.9. The molecule has 1 aliphatic heterocycles. The minimum atomic E-state index is -0.294. The molecule has 2 aromatic carbocycles. The zero-order chi connectivity index (χ0) is 21.1. The van der Waals surface area contributed by atoms with E-state index < -0.39 is 0 Å². The van der Waals surface area contributed by atoms with Gasteiger partial charge in [0, 0.05) is 43.5 Å². The molecule has 0 saturated heterocycles. The topological polar surface area (TPSA) is 94.5 Å². The Labute approximate surface area is 173 Å². The minimum Gasteiger partial charge on any atom is -0.490 e. The van der Waals surface area contributed by atoms with Crippen LogP contribution in [0.3, 0.4) is 0 Å². The van der Waals surface area contributed by atoms with Gasteiger partial charge in [0.25, 0.3) is 11.8 Å². The van der Waals surface area contributed by atoms with Gasteiger partial charge in [0.2, 0.25) is 0 Å². The van der Waals surface area contributed by atoms with E-state index >= 15 is 0 Å². The molecule has 8 nitrogen and oxygen atoms in total. The summed E-state index contributed by atoms with van der Waals surface area (Å²) in [5, 5.41) is 9.89. The van der Waals surface area contributed by atoms with E-state index in [1.165, 1.54) is 0 Å². The molecule has 4 rings (SSSR count). The van der Waals surface area contributed by atoms with Crippen LogP contribution in [0.5, 0.6) is 11.5 Å². The van der Waals surface area contributed by atoms with Crippen molar-refractivity contribution >= 4 is 17.5 Å². The quantitative estimate of drug-likeness (QED) is 0.695. The van der Waals surface area contributed by atoms with Gasteiger partial charge in [-0.25, -0.2) is 0 Å². The number of carbonyl (C=O) groups excluding carboxylic acids is 2. The van der Waals surface area contributed by atoms with Crippen molar-refractivity contribution in [1.82, 2.24) is 15.1 Å². The molecule has 154 valence electrons. The Bertz CT molecular complexity index is 1090. The molecule has 0 radical (unpaired) electrons. The van der Waals surface area contributed by atoms with Crippen molar-refractivity contribution in [3.8, 4) is 22.8 Å². The first-order valence-corrected chi connectivity index (χ1v) is 9.62. The molecular weight excluding hydrogens is 384 g/mol. The van der Waals surface area contributed by atoms with E-state index in [1.54, 1.807) is 49.2 Å². The summed E-state index contributed by atoms with van der Waals surface area (Å²) in [4.78, 5) is 24.6. The van der Waals surface area contributed by atoms with Crippen molar-refractivity contribution in [2.24, 2.45) is 7.05 Å². The van der Waals surface area contributed by atoms with Crippen molar-refractivity contribution in [3.05, 3.63) is 59.8 Å². The number of rotatable bonds is 4. The molecule has 2 N–H and O–H groups in total. The van der Waals surface area contributed by atoms with E-state index in [9.17, 15) is 9.59 Å². The Kier molecular flexibility index (Phi) is 5.38. The number of amides is 2. The van der Waals surface area contributed by atoms with E-state index in [-0.39, 0.29) is 11.8 Å². The van der Waals surface area contributed by atoms with Gasteiger partial charge in [0.05, 0.1) is 18.8 Å². The molecule has 0 unspecified atom stereocenters. The summed E-state index contributed by atoms with van der Waals surface area (Å²) in [7, 11) is 3.34. The largest absolute Gasteiger partial charge is 0.490 e. The maximum absolute atomic E-state index is 12.9. The van der Waals surface area contributed by atoms with E-state index in [4.69, 9.17) is 9.47 Å². The predicted molar refractivity (Wildman–Crippen MR) is 112 cm³/mol. The van der Waals surface area contributed by atoms with Crippen LogP contribution in [0.2, 0.25) is 0 Å². The maximum Gasteiger partial charge on any atom is 0.259 e. The van der Waals surface area contributed by atoms with Gasteiger partial charge >= 0.3 is 0 Å². The van der Waals surface area contributed by atoms with Gasteiger partial charge in [-0.3, -0.25) is 14.3 Å². The normalized spacial score (nSPS) is 12.7. The molecule has 1 aromatic heterocycles. The molecule has 8 heteroatoms. The third-order valence-electron chi connectivity index (χ3n) is 4.73. The van der Waals surface area contributed by atoms with Gasteiger partial charge in [-0.1, -0.05) is 0 Å². The first-order chi connectivity index (χ1) is 14.5. The highest BCUT2D eigenvalue weighted by Crippen LogP contribution is 2.35. The summed E-state index contributed by atoms with van der Waals surface area (Å²) >= 11 is 0. The Morgan fingerprint density at radius 2 is 1.73 bits per heavy atom. The number of fused-ring (bicyclic) bond motifs is 1. The number of nitrogens with zero attached hydrogens (tertiary/aromatic N) is 2. The van der Waals surface area contributed by atoms with Crippen molar-refractivity contribution in [3.63, 3.8) is 0 Å². The fraction of sp³-hybridized carbons (Fsp3) is 0.227. The highest BCUT2D eigenvalue weighted by atomic mass is 16.5. The number of aromatic nitrogens is 2. The fourth-order valence-electron chi connectivity index (χ4n) is 3.23. The summed E-state index contributed by atoms with van der Waals surface area (Å²) in [6.07, 6.45) is 2.49. The van der Waals surface area contributed by atoms with Crippen LogP contribution in [-0.2, 0) is 7.05 Å². The average Bonchev–Trinajstić information content (AvgIpc) is 3.00. The molecule has 0 saturated carbocycles. The smallest absolute Gasteiger partial charge is 0.259 e. The standard InChI is InChI=1S/C22H22N4O4/c1-23-21(27)14-4-7-16(8-5-14)24-22(28)17-13-26(2)25-20(17)15-6-9-18-19(12-15)30-11-3-10-29-18/h4-9,12-13H,3,10-11H2,1-2H3,(H,23,27)(H,24,28). The number of anilines is 1. The Morgan fingerprint density at radius 1 is 1.00 bits per heavy atom. The lowest BCUT2D eigenvalue weighted by atomic mass is 10.1. The van der Waals surface area contributed by atoms with Gasteiger partial charge in [0.15, 0.2) is 11.5 Å². The Balaban J connectivity index is 1.59. The second kappa shape index (κ2) is 8.28. The number of carbonyl (C=O) groups is 2. The van der Waals surface area contributed by atoms with Gasteiger partial charge in [-0.15, -0.1) is 0 Å². The van der Waals surface area contributed by atoms with Gasteiger partial charge in [0.1, 0.15) is 5.69 Å². The van der Waals surface area contributed by atoms with Gasteiger partial charge < -0.3 is 20.1 Å². The fourth-order valence-corrected chi connectivity index (χ4v) is 3.23. The molecule has 0 spiro atoms. The summed E-state index contributed by atoms with van der Waals surface area (Å²) in [6.45, 7) is 1.19.